The van der Waals surface area contributed by atoms with Gasteiger partial charge in [0.15, 0.2) is 0 Å². The number of aromatic amines is 1. The van der Waals surface area contributed by atoms with Gasteiger partial charge in [0, 0.05) is 49.6 Å². The van der Waals surface area contributed by atoms with Crippen LogP contribution in [-0.2, 0) is 23.7 Å². The predicted molar refractivity (Wildman–Crippen MR) is 149 cm³/mol. The van der Waals surface area contributed by atoms with Gasteiger partial charge in [0.25, 0.3) is 5.56 Å². The number of morpholine rings is 1. The summed E-state index contributed by atoms with van der Waals surface area (Å²) >= 11 is 0. The Morgan fingerprint density at radius 1 is 1.18 bits per heavy atom. The largest absolute Gasteiger partial charge is 0.376 e. The molecule has 3 saturated carbocycles. The summed E-state index contributed by atoms with van der Waals surface area (Å²) in [5, 5.41) is 9.88. The second kappa shape index (κ2) is 8.38. The molecule has 4 heterocycles. The van der Waals surface area contributed by atoms with E-state index < -0.39 is 0 Å². The van der Waals surface area contributed by atoms with E-state index in [0.29, 0.717) is 11.3 Å². The van der Waals surface area contributed by atoms with Crippen molar-refractivity contribution in [1.82, 2.24) is 29.2 Å². The predicted octanol–water partition coefficient (Wildman–Crippen LogP) is 4.41. The summed E-state index contributed by atoms with van der Waals surface area (Å²) in [5.74, 6) is 1.56. The first kappa shape index (κ1) is 23.6. The van der Waals surface area contributed by atoms with Crippen LogP contribution in [0.15, 0.2) is 47.7 Å². The highest BCUT2D eigenvalue weighted by Gasteiger charge is 2.63. The minimum atomic E-state index is -0.139. The molecular formula is C31H36N6O2. The molecular weight excluding hydrogens is 488 g/mol. The SMILES string of the molecule is C[C@@H]1CN(Cc2cc3c(C4CC4)cn(-c4cccc(C5(c6nncn6C)CC6(CC6)C5)c4)c(=O)c3[nH]2)CCO1. The summed E-state index contributed by atoms with van der Waals surface area (Å²) in [5.41, 5.74) is 5.65. The minimum absolute atomic E-state index is 0.0214. The number of rotatable bonds is 6. The average Bonchev–Trinajstić information content (AvgIpc) is 3.82. The van der Waals surface area contributed by atoms with Crippen molar-refractivity contribution in [3.05, 3.63) is 75.9 Å². The van der Waals surface area contributed by atoms with Gasteiger partial charge >= 0.3 is 0 Å². The van der Waals surface area contributed by atoms with Crippen LogP contribution in [-0.4, -0.2) is 55.0 Å². The van der Waals surface area contributed by atoms with Crippen molar-refractivity contribution in [1.29, 1.82) is 0 Å². The van der Waals surface area contributed by atoms with E-state index in [0.717, 1.165) is 67.2 Å². The van der Waals surface area contributed by atoms with Crippen LogP contribution in [0.4, 0.5) is 0 Å². The van der Waals surface area contributed by atoms with Gasteiger partial charge in [-0.25, -0.2) is 0 Å². The van der Waals surface area contributed by atoms with E-state index >= 15 is 0 Å². The first-order chi connectivity index (χ1) is 18.9. The molecule has 1 atom stereocenters. The van der Waals surface area contributed by atoms with Crippen LogP contribution in [0.5, 0.6) is 0 Å². The summed E-state index contributed by atoms with van der Waals surface area (Å²) in [6.45, 7) is 5.52. The Kier molecular flexibility index (Phi) is 5.08. The van der Waals surface area contributed by atoms with Gasteiger partial charge in [-0.05, 0) is 86.1 Å². The number of nitrogens with zero attached hydrogens (tertiary/aromatic N) is 5. The lowest BCUT2D eigenvalue weighted by Gasteiger charge is -2.48. The lowest BCUT2D eigenvalue weighted by Crippen LogP contribution is -2.45. The van der Waals surface area contributed by atoms with Crippen molar-refractivity contribution >= 4 is 10.9 Å². The summed E-state index contributed by atoms with van der Waals surface area (Å²) in [7, 11) is 2.04. The Hall–Kier alpha value is -3.23. The maximum atomic E-state index is 14.0. The molecule has 1 saturated heterocycles. The number of nitrogens with one attached hydrogen (secondary N) is 1. The number of aromatic nitrogens is 5. The third-order valence-electron chi connectivity index (χ3n) is 9.75. The van der Waals surface area contributed by atoms with Gasteiger partial charge in [-0.1, -0.05) is 12.1 Å². The van der Waals surface area contributed by atoms with Gasteiger partial charge < -0.3 is 14.3 Å². The molecule has 0 bridgehead atoms. The minimum Gasteiger partial charge on any atom is -0.376 e. The summed E-state index contributed by atoms with van der Waals surface area (Å²) in [6, 6.07) is 10.8. The Bertz CT molecular complexity index is 1630. The number of fused-ring (bicyclic) bond motifs is 1. The Labute approximate surface area is 228 Å². The molecule has 4 aromatic rings. The van der Waals surface area contributed by atoms with E-state index in [9.17, 15) is 4.79 Å². The van der Waals surface area contributed by atoms with E-state index in [1.165, 1.54) is 36.8 Å². The van der Waals surface area contributed by atoms with Crippen molar-refractivity contribution in [3.8, 4) is 5.69 Å². The average molecular weight is 525 g/mol. The standard InChI is InChI=1S/C31H36N6O2/c1-20-14-36(10-11-39-20)15-23-13-25-26(21-6-7-21)16-37(28(38)27(25)33-23)24-5-3-4-22(12-24)31(17-30(18-31)8-9-30)29-34-32-19-35(29)2/h3-5,12-13,16,19-21,33H,6-11,14-15,17-18H2,1-2H3/t20-/m1/s1. The molecule has 8 nitrogen and oxygen atoms in total. The normalized spacial score (nSPS) is 23.8. The number of H-pyrrole nitrogens is 1. The third kappa shape index (κ3) is 3.83. The second-order valence-electron chi connectivity index (χ2n) is 12.8. The highest BCUT2D eigenvalue weighted by atomic mass is 16.5. The molecule has 1 spiro atoms. The van der Waals surface area contributed by atoms with Crippen molar-refractivity contribution in [2.75, 3.05) is 19.7 Å². The lowest BCUT2D eigenvalue weighted by atomic mass is 9.56. The maximum absolute atomic E-state index is 14.0. The molecule has 1 N–H and O–H groups in total. The number of benzene rings is 1. The van der Waals surface area contributed by atoms with E-state index in [1.807, 2.05) is 11.6 Å². The zero-order chi connectivity index (χ0) is 26.4. The first-order valence-electron chi connectivity index (χ1n) is 14.5. The molecule has 8 rings (SSSR count). The van der Waals surface area contributed by atoms with Crippen LogP contribution in [0.1, 0.15) is 74.0 Å². The van der Waals surface area contributed by atoms with Crippen molar-refractivity contribution in [2.45, 2.75) is 69.4 Å². The first-order valence-corrected chi connectivity index (χ1v) is 14.5. The smallest absolute Gasteiger partial charge is 0.279 e. The van der Waals surface area contributed by atoms with Crippen molar-refractivity contribution in [3.63, 3.8) is 0 Å². The molecule has 8 heteroatoms. The molecule has 0 amide bonds. The lowest BCUT2D eigenvalue weighted by molar-refractivity contribution is -0.0215. The molecule has 1 aliphatic heterocycles. The molecule has 3 aliphatic carbocycles. The van der Waals surface area contributed by atoms with Gasteiger partial charge in [0.2, 0.25) is 0 Å². The van der Waals surface area contributed by atoms with E-state index in [-0.39, 0.29) is 17.1 Å². The van der Waals surface area contributed by atoms with Gasteiger partial charge in [-0.2, -0.15) is 0 Å². The molecule has 3 aromatic heterocycles. The molecule has 0 unspecified atom stereocenters. The Balaban J connectivity index is 1.20. The van der Waals surface area contributed by atoms with Crippen LogP contribution >= 0.6 is 0 Å². The number of hydrogen-bond acceptors (Lipinski definition) is 5. The van der Waals surface area contributed by atoms with Crippen molar-refractivity contribution < 1.29 is 4.74 Å². The van der Waals surface area contributed by atoms with Crippen LogP contribution in [0, 0.1) is 5.41 Å². The Morgan fingerprint density at radius 2 is 2.03 bits per heavy atom. The molecule has 0 radical (unpaired) electrons. The summed E-state index contributed by atoms with van der Waals surface area (Å²) in [6.07, 6.45) is 11.4. The van der Waals surface area contributed by atoms with Gasteiger partial charge in [0.1, 0.15) is 17.7 Å². The number of hydrogen-bond donors (Lipinski definition) is 1. The number of pyridine rings is 1. The fourth-order valence-corrected chi connectivity index (χ4v) is 7.49. The summed E-state index contributed by atoms with van der Waals surface area (Å²) < 4.78 is 9.68. The molecule has 1 aromatic carbocycles. The second-order valence-corrected chi connectivity index (χ2v) is 12.8. The zero-order valence-corrected chi connectivity index (χ0v) is 22.8. The van der Waals surface area contributed by atoms with Crippen LogP contribution in [0.3, 0.4) is 0 Å². The van der Waals surface area contributed by atoms with E-state index in [4.69, 9.17) is 4.74 Å². The van der Waals surface area contributed by atoms with Crippen molar-refractivity contribution in [2.24, 2.45) is 12.5 Å². The van der Waals surface area contributed by atoms with Gasteiger partial charge in [-0.15, -0.1) is 10.2 Å². The zero-order valence-electron chi connectivity index (χ0n) is 22.8. The molecule has 4 aliphatic rings. The summed E-state index contributed by atoms with van der Waals surface area (Å²) in [4.78, 5) is 19.9. The molecule has 39 heavy (non-hydrogen) atoms. The van der Waals surface area contributed by atoms with E-state index in [2.05, 4.69) is 68.1 Å². The Morgan fingerprint density at radius 3 is 2.74 bits per heavy atom. The van der Waals surface area contributed by atoms with Gasteiger partial charge in [-0.3, -0.25) is 14.3 Å². The highest BCUT2D eigenvalue weighted by Crippen LogP contribution is 2.70. The van der Waals surface area contributed by atoms with Gasteiger partial charge in [0.05, 0.1) is 18.1 Å². The number of ether oxygens (including phenoxy) is 1. The van der Waals surface area contributed by atoms with Crippen LogP contribution < -0.4 is 5.56 Å². The monoisotopic (exact) mass is 524 g/mol. The van der Waals surface area contributed by atoms with Crippen LogP contribution in [0.25, 0.3) is 16.6 Å². The highest BCUT2D eigenvalue weighted by molar-refractivity contribution is 5.84. The fraction of sp³-hybridized carbons (Fsp3) is 0.516. The molecule has 202 valence electrons. The topological polar surface area (TPSA) is 81.0 Å². The molecule has 4 fully saturated rings. The fourth-order valence-electron chi connectivity index (χ4n) is 7.49. The maximum Gasteiger partial charge on any atom is 0.279 e. The van der Waals surface area contributed by atoms with E-state index in [1.54, 1.807) is 6.33 Å². The number of aryl methyl sites for hydroxylation is 1. The quantitative estimate of drug-likeness (QED) is 0.404. The third-order valence-corrected chi connectivity index (χ3v) is 9.75. The van der Waals surface area contributed by atoms with Crippen LogP contribution in [0.2, 0.25) is 0 Å².